The molecule has 0 saturated heterocycles. The third-order valence-corrected chi connectivity index (χ3v) is 3.37. The second-order valence-electron chi connectivity index (χ2n) is 4.74. The molecular formula is C15H20FN3. The van der Waals surface area contributed by atoms with E-state index in [1.807, 2.05) is 18.7 Å². The van der Waals surface area contributed by atoms with Gasteiger partial charge in [-0.15, -0.1) is 0 Å². The minimum Gasteiger partial charge on any atom is -0.320 e. The normalized spacial score (nSPS) is 10.9. The van der Waals surface area contributed by atoms with Crippen molar-refractivity contribution in [1.82, 2.24) is 15.1 Å². The molecule has 0 atom stereocenters. The van der Waals surface area contributed by atoms with Gasteiger partial charge in [0.1, 0.15) is 5.82 Å². The molecular weight excluding hydrogens is 241 g/mol. The minimum atomic E-state index is -0.223. The lowest BCUT2D eigenvalue weighted by molar-refractivity contribution is 0.627. The molecule has 0 fully saturated rings. The number of halogens is 1. The molecule has 0 aliphatic rings. The lowest BCUT2D eigenvalue weighted by atomic mass is 10.1. The quantitative estimate of drug-likeness (QED) is 0.839. The molecule has 0 spiro atoms. The molecule has 1 aromatic heterocycles. The molecule has 0 unspecified atom stereocenters. The summed E-state index contributed by atoms with van der Waals surface area (Å²) in [6, 6.07) is 6.44. The molecule has 4 heteroatoms. The SMILES string of the molecule is CNCCCc1c(C)nn(-c2ccc(F)cc2)c1C. The predicted molar refractivity (Wildman–Crippen MR) is 75.2 cm³/mol. The minimum absolute atomic E-state index is 0.223. The summed E-state index contributed by atoms with van der Waals surface area (Å²) in [6.45, 7) is 5.10. The van der Waals surface area contributed by atoms with Gasteiger partial charge in [0.15, 0.2) is 0 Å². The Hall–Kier alpha value is -1.68. The summed E-state index contributed by atoms with van der Waals surface area (Å²) in [5.41, 5.74) is 4.39. The summed E-state index contributed by atoms with van der Waals surface area (Å²) in [5, 5.41) is 7.72. The van der Waals surface area contributed by atoms with E-state index in [2.05, 4.69) is 17.3 Å². The largest absolute Gasteiger partial charge is 0.320 e. The van der Waals surface area contributed by atoms with E-state index in [-0.39, 0.29) is 5.82 Å². The number of nitrogens with zero attached hydrogens (tertiary/aromatic N) is 2. The van der Waals surface area contributed by atoms with E-state index < -0.39 is 0 Å². The Morgan fingerprint density at radius 3 is 2.53 bits per heavy atom. The van der Waals surface area contributed by atoms with E-state index in [9.17, 15) is 4.39 Å². The van der Waals surface area contributed by atoms with Crippen LogP contribution in [0.1, 0.15) is 23.4 Å². The fraction of sp³-hybridized carbons (Fsp3) is 0.400. The Labute approximate surface area is 113 Å². The van der Waals surface area contributed by atoms with Crippen LogP contribution in [0.5, 0.6) is 0 Å². The van der Waals surface area contributed by atoms with Gasteiger partial charge >= 0.3 is 0 Å². The summed E-state index contributed by atoms with van der Waals surface area (Å²) < 4.78 is 14.8. The van der Waals surface area contributed by atoms with Gasteiger partial charge in [0.2, 0.25) is 0 Å². The molecule has 0 amide bonds. The number of hydrogen-bond donors (Lipinski definition) is 1. The first kappa shape index (κ1) is 13.7. The lowest BCUT2D eigenvalue weighted by Crippen LogP contribution is -2.09. The van der Waals surface area contributed by atoms with Crippen LogP contribution in [0.4, 0.5) is 4.39 Å². The molecule has 0 radical (unpaired) electrons. The van der Waals surface area contributed by atoms with Crippen LogP contribution in [0.15, 0.2) is 24.3 Å². The highest BCUT2D eigenvalue weighted by Gasteiger charge is 2.12. The fourth-order valence-electron chi connectivity index (χ4n) is 2.31. The van der Waals surface area contributed by atoms with Crippen LogP contribution in [0.2, 0.25) is 0 Å². The zero-order valence-corrected chi connectivity index (χ0v) is 11.7. The van der Waals surface area contributed by atoms with E-state index in [1.165, 1.54) is 17.7 Å². The molecule has 1 N–H and O–H groups in total. The van der Waals surface area contributed by atoms with Gasteiger partial charge in [-0.3, -0.25) is 0 Å². The van der Waals surface area contributed by atoms with Gasteiger partial charge in [0.05, 0.1) is 11.4 Å². The first-order valence-corrected chi connectivity index (χ1v) is 6.59. The Morgan fingerprint density at radius 2 is 1.89 bits per heavy atom. The van der Waals surface area contributed by atoms with E-state index in [4.69, 9.17) is 0 Å². The second-order valence-corrected chi connectivity index (χ2v) is 4.74. The van der Waals surface area contributed by atoms with Gasteiger partial charge in [0.25, 0.3) is 0 Å². The zero-order chi connectivity index (χ0) is 13.8. The number of benzene rings is 1. The Balaban J connectivity index is 2.27. The number of nitrogens with one attached hydrogen (secondary N) is 1. The molecule has 102 valence electrons. The standard InChI is InChI=1S/C15H20FN3/c1-11-15(5-4-10-17-3)12(2)19(18-11)14-8-6-13(16)7-9-14/h6-9,17H,4-5,10H2,1-3H3. The smallest absolute Gasteiger partial charge is 0.123 e. The summed E-state index contributed by atoms with van der Waals surface area (Å²) in [5.74, 6) is -0.223. The van der Waals surface area contributed by atoms with Gasteiger partial charge in [-0.25, -0.2) is 9.07 Å². The topological polar surface area (TPSA) is 29.9 Å². The average molecular weight is 261 g/mol. The van der Waals surface area contributed by atoms with Crippen molar-refractivity contribution in [3.8, 4) is 5.69 Å². The maximum absolute atomic E-state index is 13.0. The number of aryl methyl sites for hydroxylation is 1. The van der Waals surface area contributed by atoms with Crippen molar-refractivity contribution in [3.05, 3.63) is 47.0 Å². The van der Waals surface area contributed by atoms with Gasteiger partial charge in [0, 0.05) is 5.69 Å². The highest BCUT2D eigenvalue weighted by Crippen LogP contribution is 2.19. The van der Waals surface area contributed by atoms with Gasteiger partial charge in [-0.2, -0.15) is 5.10 Å². The monoisotopic (exact) mass is 261 g/mol. The van der Waals surface area contributed by atoms with Crippen molar-refractivity contribution >= 4 is 0 Å². The third kappa shape index (κ3) is 3.01. The number of hydrogen-bond acceptors (Lipinski definition) is 2. The molecule has 1 aromatic carbocycles. The zero-order valence-electron chi connectivity index (χ0n) is 11.7. The summed E-state index contributed by atoms with van der Waals surface area (Å²) >= 11 is 0. The Bertz CT molecular complexity index is 543. The maximum Gasteiger partial charge on any atom is 0.123 e. The number of aromatic nitrogens is 2. The highest BCUT2D eigenvalue weighted by molar-refractivity contribution is 5.37. The van der Waals surface area contributed by atoms with E-state index in [0.717, 1.165) is 36.5 Å². The summed E-state index contributed by atoms with van der Waals surface area (Å²) in [6.07, 6.45) is 2.10. The molecule has 0 aliphatic carbocycles. The highest BCUT2D eigenvalue weighted by atomic mass is 19.1. The van der Waals surface area contributed by atoms with E-state index >= 15 is 0 Å². The first-order chi connectivity index (χ1) is 9.13. The maximum atomic E-state index is 13.0. The molecule has 0 aliphatic heterocycles. The molecule has 2 rings (SSSR count). The van der Waals surface area contributed by atoms with Crippen LogP contribution in [-0.2, 0) is 6.42 Å². The van der Waals surface area contributed by atoms with Crippen LogP contribution in [0.3, 0.4) is 0 Å². The average Bonchev–Trinajstić information content (AvgIpc) is 2.68. The fourth-order valence-corrected chi connectivity index (χ4v) is 2.31. The van der Waals surface area contributed by atoms with Crippen LogP contribution in [-0.4, -0.2) is 23.4 Å². The third-order valence-electron chi connectivity index (χ3n) is 3.37. The van der Waals surface area contributed by atoms with Crippen LogP contribution >= 0.6 is 0 Å². The van der Waals surface area contributed by atoms with Gasteiger partial charge in [-0.1, -0.05) is 0 Å². The van der Waals surface area contributed by atoms with Crippen molar-refractivity contribution in [2.24, 2.45) is 0 Å². The van der Waals surface area contributed by atoms with E-state index in [0.29, 0.717) is 0 Å². The van der Waals surface area contributed by atoms with Crippen LogP contribution in [0, 0.1) is 19.7 Å². The molecule has 3 nitrogen and oxygen atoms in total. The van der Waals surface area contributed by atoms with Crippen molar-refractivity contribution in [1.29, 1.82) is 0 Å². The predicted octanol–water partition coefficient (Wildman–Crippen LogP) is 2.78. The molecule has 2 aromatic rings. The first-order valence-electron chi connectivity index (χ1n) is 6.59. The molecule has 19 heavy (non-hydrogen) atoms. The van der Waals surface area contributed by atoms with Crippen LogP contribution in [0.25, 0.3) is 5.69 Å². The van der Waals surface area contributed by atoms with Crippen molar-refractivity contribution < 1.29 is 4.39 Å². The van der Waals surface area contributed by atoms with Crippen molar-refractivity contribution in [3.63, 3.8) is 0 Å². The number of rotatable bonds is 5. The Kier molecular flexibility index (Phi) is 4.32. The van der Waals surface area contributed by atoms with Crippen molar-refractivity contribution in [2.75, 3.05) is 13.6 Å². The van der Waals surface area contributed by atoms with Gasteiger partial charge in [-0.05, 0) is 70.1 Å². The summed E-state index contributed by atoms with van der Waals surface area (Å²) in [4.78, 5) is 0. The lowest BCUT2D eigenvalue weighted by Gasteiger charge is -2.05. The Morgan fingerprint density at radius 1 is 1.21 bits per heavy atom. The van der Waals surface area contributed by atoms with Crippen molar-refractivity contribution in [2.45, 2.75) is 26.7 Å². The molecule has 0 bridgehead atoms. The van der Waals surface area contributed by atoms with Crippen LogP contribution < -0.4 is 5.32 Å². The molecule has 0 saturated carbocycles. The summed E-state index contributed by atoms with van der Waals surface area (Å²) in [7, 11) is 1.96. The van der Waals surface area contributed by atoms with E-state index in [1.54, 1.807) is 12.1 Å². The molecule has 1 heterocycles. The van der Waals surface area contributed by atoms with Gasteiger partial charge < -0.3 is 5.32 Å². The second kappa shape index (κ2) is 5.97.